The number of ether oxygens (including phenoxy) is 2. The van der Waals surface area contributed by atoms with Crippen LogP contribution in [-0.2, 0) is 14.3 Å². The summed E-state index contributed by atoms with van der Waals surface area (Å²) in [6, 6.07) is 7.01. The van der Waals surface area contributed by atoms with Gasteiger partial charge >= 0.3 is 5.97 Å². The Morgan fingerprint density at radius 3 is 2.57 bits per heavy atom. The fraction of sp³-hybridized carbons (Fsp3) is 0.200. The van der Waals surface area contributed by atoms with Crippen LogP contribution in [0, 0.1) is 0 Å². The van der Waals surface area contributed by atoms with E-state index in [9.17, 15) is 14.7 Å². The van der Waals surface area contributed by atoms with Crippen molar-refractivity contribution in [3.63, 3.8) is 0 Å². The topological polar surface area (TPSA) is 84.9 Å². The Labute approximate surface area is 121 Å². The summed E-state index contributed by atoms with van der Waals surface area (Å²) in [5.74, 6) is -1.23. The number of carbonyl (C=O) groups excluding carboxylic acids is 2. The normalized spacial score (nSPS) is 16.1. The van der Waals surface area contributed by atoms with Crippen LogP contribution in [0.25, 0.3) is 6.08 Å². The molecule has 0 atom stereocenters. The fourth-order valence-electron chi connectivity index (χ4n) is 1.85. The highest BCUT2D eigenvalue weighted by Crippen LogP contribution is 2.22. The van der Waals surface area contributed by atoms with Gasteiger partial charge < -0.3 is 19.9 Å². The van der Waals surface area contributed by atoms with Crippen molar-refractivity contribution in [1.82, 2.24) is 5.32 Å². The van der Waals surface area contributed by atoms with Crippen molar-refractivity contribution in [2.45, 2.75) is 6.92 Å². The van der Waals surface area contributed by atoms with E-state index >= 15 is 0 Å². The second kappa shape index (κ2) is 6.13. The van der Waals surface area contributed by atoms with Crippen molar-refractivity contribution in [2.75, 3.05) is 13.7 Å². The highest BCUT2D eigenvalue weighted by atomic mass is 16.5. The van der Waals surface area contributed by atoms with Crippen LogP contribution in [-0.4, -0.2) is 30.7 Å². The average molecular weight is 289 g/mol. The zero-order chi connectivity index (χ0) is 15.4. The molecule has 1 aliphatic heterocycles. The highest BCUT2D eigenvalue weighted by molar-refractivity contribution is 6.20. The molecule has 1 amide bonds. The van der Waals surface area contributed by atoms with Gasteiger partial charge in [-0.1, -0.05) is 12.1 Å². The smallest absolute Gasteiger partial charge is 0.347 e. The van der Waals surface area contributed by atoms with Crippen molar-refractivity contribution in [3.05, 3.63) is 46.9 Å². The summed E-state index contributed by atoms with van der Waals surface area (Å²) < 4.78 is 9.78. The minimum absolute atomic E-state index is 0.125. The minimum Gasteiger partial charge on any atom is -0.505 e. The average Bonchev–Trinajstić information content (AvgIpc) is 2.74. The number of carbonyl (C=O) groups is 2. The van der Waals surface area contributed by atoms with Gasteiger partial charge in [0.2, 0.25) is 0 Å². The van der Waals surface area contributed by atoms with Gasteiger partial charge in [0, 0.05) is 0 Å². The quantitative estimate of drug-likeness (QED) is 0.649. The molecule has 0 bridgehead atoms. The molecule has 1 aliphatic rings. The van der Waals surface area contributed by atoms with Crippen molar-refractivity contribution in [1.29, 1.82) is 0 Å². The summed E-state index contributed by atoms with van der Waals surface area (Å²) in [5.41, 5.74) is 0.521. The second-order valence-corrected chi connectivity index (χ2v) is 4.23. The maximum absolute atomic E-state index is 11.7. The molecule has 0 aromatic heterocycles. The number of rotatable bonds is 4. The van der Waals surface area contributed by atoms with Crippen LogP contribution in [0.15, 0.2) is 41.3 Å². The number of methoxy groups -OCH3 is 1. The molecule has 0 unspecified atom stereocenters. The molecule has 1 heterocycles. The molecule has 0 fully saturated rings. The SMILES string of the molecule is CCOC(=O)C1=C(O)/C(=C/c2ccc(OC)cc2)NC1=O. The number of benzene rings is 1. The van der Waals surface area contributed by atoms with Gasteiger partial charge in [-0.25, -0.2) is 4.79 Å². The van der Waals surface area contributed by atoms with E-state index in [1.54, 1.807) is 44.4 Å². The third-order valence-electron chi connectivity index (χ3n) is 2.87. The Balaban J connectivity index is 2.30. The van der Waals surface area contributed by atoms with E-state index in [0.29, 0.717) is 5.75 Å². The first kappa shape index (κ1) is 14.6. The van der Waals surface area contributed by atoms with Crippen molar-refractivity contribution in [3.8, 4) is 5.75 Å². The zero-order valence-corrected chi connectivity index (χ0v) is 11.7. The predicted molar refractivity (Wildman–Crippen MR) is 75.4 cm³/mol. The first-order chi connectivity index (χ1) is 10.1. The second-order valence-electron chi connectivity index (χ2n) is 4.23. The first-order valence-corrected chi connectivity index (χ1v) is 6.34. The number of hydrogen-bond acceptors (Lipinski definition) is 5. The van der Waals surface area contributed by atoms with Gasteiger partial charge in [0.05, 0.1) is 19.4 Å². The molecule has 2 rings (SSSR count). The highest BCUT2D eigenvalue weighted by Gasteiger charge is 2.33. The molecule has 110 valence electrons. The van der Waals surface area contributed by atoms with Crippen LogP contribution >= 0.6 is 0 Å². The lowest BCUT2D eigenvalue weighted by molar-refractivity contribution is -0.140. The van der Waals surface area contributed by atoms with Crippen LogP contribution in [0.1, 0.15) is 12.5 Å². The summed E-state index contributed by atoms with van der Waals surface area (Å²) in [7, 11) is 1.56. The van der Waals surface area contributed by atoms with Gasteiger partial charge in [0.15, 0.2) is 11.3 Å². The van der Waals surface area contributed by atoms with E-state index in [2.05, 4.69) is 5.32 Å². The predicted octanol–water partition coefficient (Wildman–Crippen LogP) is 1.54. The molecule has 0 saturated heterocycles. The molecule has 1 aromatic carbocycles. The number of hydrogen-bond donors (Lipinski definition) is 2. The Kier molecular flexibility index (Phi) is 4.27. The van der Waals surface area contributed by atoms with E-state index in [1.165, 1.54) is 0 Å². The Morgan fingerprint density at radius 1 is 1.33 bits per heavy atom. The van der Waals surface area contributed by atoms with Crippen molar-refractivity contribution >= 4 is 18.0 Å². The molecule has 0 saturated carbocycles. The van der Waals surface area contributed by atoms with E-state index < -0.39 is 17.6 Å². The van der Waals surface area contributed by atoms with Gasteiger partial charge in [-0.3, -0.25) is 4.79 Å². The van der Waals surface area contributed by atoms with Crippen LogP contribution in [0.4, 0.5) is 0 Å². The largest absolute Gasteiger partial charge is 0.505 e. The van der Waals surface area contributed by atoms with Crippen molar-refractivity contribution in [2.24, 2.45) is 0 Å². The van der Waals surface area contributed by atoms with Crippen LogP contribution in [0.3, 0.4) is 0 Å². The van der Waals surface area contributed by atoms with Crippen LogP contribution in [0.2, 0.25) is 0 Å². The van der Waals surface area contributed by atoms with Crippen LogP contribution in [0.5, 0.6) is 5.75 Å². The Morgan fingerprint density at radius 2 is 2.00 bits per heavy atom. The monoisotopic (exact) mass is 289 g/mol. The maximum Gasteiger partial charge on any atom is 0.347 e. The molecule has 6 nitrogen and oxygen atoms in total. The maximum atomic E-state index is 11.7. The summed E-state index contributed by atoms with van der Waals surface area (Å²) in [6.07, 6.45) is 1.55. The lowest BCUT2D eigenvalue weighted by Gasteiger charge is -2.02. The first-order valence-electron chi connectivity index (χ1n) is 6.34. The van der Waals surface area contributed by atoms with Gasteiger partial charge in [-0.2, -0.15) is 0 Å². The number of esters is 1. The summed E-state index contributed by atoms with van der Waals surface area (Å²) in [5, 5.41) is 12.4. The fourth-order valence-corrected chi connectivity index (χ4v) is 1.85. The number of aliphatic hydroxyl groups is 1. The minimum atomic E-state index is -0.842. The van der Waals surface area contributed by atoms with E-state index in [0.717, 1.165) is 5.56 Å². The Bertz CT molecular complexity index is 628. The molecule has 2 N–H and O–H groups in total. The molecule has 1 aromatic rings. The lowest BCUT2D eigenvalue weighted by Crippen LogP contribution is -2.21. The van der Waals surface area contributed by atoms with Gasteiger partial charge in [-0.15, -0.1) is 0 Å². The van der Waals surface area contributed by atoms with E-state index in [4.69, 9.17) is 9.47 Å². The molecular weight excluding hydrogens is 274 g/mol. The van der Waals surface area contributed by atoms with E-state index in [-0.39, 0.29) is 17.9 Å². The van der Waals surface area contributed by atoms with Gasteiger partial charge in [0.1, 0.15) is 5.75 Å². The number of nitrogens with one attached hydrogen (secondary N) is 1. The molecule has 21 heavy (non-hydrogen) atoms. The summed E-state index contributed by atoms with van der Waals surface area (Å²) in [6.45, 7) is 1.75. The zero-order valence-electron chi connectivity index (χ0n) is 11.7. The molecule has 0 spiro atoms. The molecule has 0 radical (unpaired) electrons. The summed E-state index contributed by atoms with van der Waals surface area (Å²) in [4.78, 5) is 23.3. The standard InChI is InChI=1S/C15H15NO5/c1-3-21-15(19)12-13(17)11(16-14(12)18)8-9-4-6-10(20-2)7-5-9/h4-8,17H,3H2,1-2H3,(H,16,18)/b11-8-. The van der Waals surface area contributed by atoms with Gasteiger partial charge in [-0.05, 0) is 30.7 Å². The molecule has 6 heteroatoms. The van der Waals surface area contributed by atoms with Crippen LogP contribution < -0.4 is 10.1 Å². The third-order valence-corrected chi connectivity index (χ3v) is 2.87. The summed E-state index contributed by atoms with van der Waals surface area (Å²) >= 11 is 0. The Hall–Kier alpha value is -2.76. The van der Waals surface area contributed by atoms with E-state index in [1.807, 2.05) is 0 Å². The molecular formula is C15H15NO5. The van der Waals surface area contributed by atoms with Crippen molar-refractivity contribution < 1.29 is 24.2 Å². The molecule has 0 aliphatic carbocycles. The lowest BCUT2D eigenvalue weighted by atomic mass is 10.1. The number of amides is 1. The van der Waals surface area contributed by atoms with Gasteiger partial charge in [0.25, 0.3) is 5.91 Å². The third kappa shape index (κ3) is 3.05. The number of aliphatic hydroxyl groups excluding tert-OH is 1.